The van der Waals surface area contributed by atoms with Crippen molar-refractivity contribution in [2.24, 2.45) is 0 Å². The van der Waals surface area contributed by atoms with Gasteiger partial charge in [-0.2, -0.15) is 0 Å². The van der Waals surface area contributed by atoms with Crippen LogP contribution in [0.5, 0.6) is 0 Å². The average Bonchev–Trinajstić information content (AvgIpc) is 2.13. The fourth-order valence-corrected chi connectivity index (χ4v) is 1.52. The van der Waals surface area contributed by atoms with Crippen molar-refractivity contribution in [2.75, 3.05) is 0 Å². The first-order valence-corrected chi connectivity index (χ1v) is 5.05. The van der Waals surface area contributed by atoms with E-state index in [0.717, 1.165) is 0 Å². The highest BCUT2D eigenvalue weighted by Gasteiger charge is 2.12. The largest absolute Gasteiger partial charge is 0.295 e. The van der Waals surface area contributed by atoms with Crippen LogP contribution in [0, 0.1) is 11.6 Å². The Morgan fingerprint density at radius 2 is 1.87 bits per heavy atom. The first-order chi connectivity index (χ1) is 6.93. The second-order valence-corrected chi connectivity index (χ2v) is 4.02. The van der Waals surface area contributed by atoms with E-state index < -0.39 is 11.6 Å². The standard InChI is InChI=1S/C11H9BrF2O/c1-6(5-7(2)15)8-3-4-9(12)11(14)10(8)13/h3-5H,1-2H3/b6-5+. The van der Waals surface area contributed by atoms with E-state index in [1.54, 1.807) is 6.92 Å². The minimum Gasteiger partial charge on any atom is -0.295 e. The quantitative estimate of drug-likeness (QED) is 0.594. The smallest absolute Gasteiger partial charge is 0.173 e. The number of carbonyl (C=O) groups excluding carboxylic acids is 1. The maximum atomic E-state index is 13.4. The summed E-state index contributed by atoms with van der Waals surface area (Å²) >= 11 is 2.88. The summed E-state index contributed by atoms with van der Waals surface area (Å²) in [6.45, 7) is 2.92. The van der Waals surface area contributed by atoms with E-state index in [9.17, 15) is 13.6 Å². The van der Waals surface area contributed by atoms with E-state index in [4.69, 9.17) is 0 Å². The highest BCUT2D eigenvalue weighted by atomic mass is 79.9. The van der Waals surface area contributed by atoms with Crippen LogP contribution in [0.3, 0.4) is 0 Å². The van der Waals surface area contributed by atoms with Crippen LogP contribution in [0.4, 0.5) is 8.78 Å². The molecule has 15 heavy (non-hydrogen) atoms. The molecule has 0 fully saturated rings. The molecule has 1 rings (SSSR count). The number of ketones is 1. The molecule has 0 heterocycles. The monoisotopic (exact) mass is 274 g/mol. The fourth-order valence-electron chi connectivity index (χ4n) is 1.21. The summed E-state index contributed by atoms with van der Waals surface area (Å²) in [5.74, 6) is -2.08. The lowest BCUT2D eigenvalue weighted by Gasteiger charge is -2.04. The Morgan fingerprint density at radius 3 is 2.40 bits per heavy atom. The minimum absolute atomic E-state index is 0.0689. The average molecular weight is 275 g/mol. The van der Waals surface area contributed by atoms with Crippen molar-refractivity contribution in [3.63, 3.8) is 0 Å². The SMILES string of the molecule is CC(=O)/C=C(\C)c1ccc(Br)c(F)c1F. The van der Waals surface area contributed by atoms with Gasteiger partial charge in [0.25, 0.3) is 0 Å². The van der Waals surface area contributed by atoms with Crippen molar-refractivity contribution < 1.29 is 13.6 Å². The summed E-state index contributed by atoms with van der Waals surface area (Å²) in [5.41, 5.74) is 0.511. The molecule has 0 amide bonds. The summed E-state index contributed by atoms with van der Waals surface area (Å²) in [7, 11) is 0. The molecule has 0 saturated heterocycles. The van der Waals surface area contributed by atoms with Crippen LogP contribution in [0.1, 0.15) is 19.4 Å². The highest BCUT2D eigenvalue weighted by molar-refractivity contribution is 9.10. The lowest BCUT2D eigenvalue weighted by Crippen LogP contribution is -1.94. The van der Waals surface area contributed by atoms with E-state index in [0.29, 0.717) is 5.57 Å². The zero-order chi connectivity index (χ0) is 11.6. The number of halogens is 3. The second kappa shape index (κ2) is 4.66. The Bertz CT molecular complexity index is 438. The summed E-state index contributed by atoms with van der Waals surface area (Å²) in [4.78, 5) is 10.8. The first-order valence-electron chi connectivity index (χ1n) is 4.26. The van der Waals surface area contributed by atoms with Gasteiger partial charge < -0.3 is 0 Å². The molecular formula is C11H9BrF2O. The summed E-state index contributed by atoms with van der Waals surface area (Å²) in [6, 6.07) is 2.84. The van der Waals surface area contributed by atoms with E-state index >= 15 is 0 Å². The number of hydrogen-bond acceptors (Lipinski definition) is 1. The van der Waals surface area contributed by atoms with Crippen LogP contribution in [-0.4, -0.2) is 5.78 Å². The van der Waals surface area contributed by atoms with Crippen molar-refractivity contribution in [3.05, 3.63) is 39.9 Å². The Kier molecular flexibility index (Phi) is 3.74. The zero-order valence-corrected chi connectivity index (χ0v) is 9.86. The van der Waals surface area contributed by atoms with Crippen molar-refractivity contribution in [2.45, 2.75) is 13.8 Å². The van der Waals surface area contributed by atoms with Crippen LogP contribution < -0.4 is 0 Å². The van der Waals surface area contributed by atoms with Crippen LogP contribution >= 0.6 is 15.9 Å². The predicted octanol–water partition coefficient (Wildman–Crippen LogP) is 3.72. The molecular weight excluding hydrogens is 266 g/mol. The maximum absolute atomic E-state index is 13.4. The van der Waals surface area contributed by atoms with Crippen molar-refractivity contribution in [1.29, 1.82) is 0 Å². The zero-order valence-electron chi connectivity index (χ0n) is 8.27. The highest BCUT2D eigenvalue weighted by Crippen LogP contribution is 2.25. The molecule has 0 radical (unpaired) electrons. The third-order valence-corrected chi connectivity index (χ3v) is 2.49. The van der Waals surface area contributed by atoms with Crippen LogP contribution in [0.2, 0.25) is 0 Å². The van der Waals surface area contributed by atoms with Gasteiger partial charge in [-0.15, -0.1) is 0 Å². The van der Waals surface area contributed by atoms with Crippen LogP contribution in [-0.2, 0) is 4.79 Å². The Hall–Kier alpha value is -1.03. The third kappa shape index (κ3) is 2.72. The third-order valence-electron chi connectivity index (χ3n) is 1.88. The number of carbonyl (C=O) groups is 1. The van der Waals surface area contributed by atoms with Crippen LogP contribution in [0.15, 0.2) is 22.7 Å². The molecule has 1 nitrogen and oxygen atoms in total. The van der Waals surface area contributed by atoms with Gasteiger partial charge in [0.05, 0.1) is 4.47 Å². The number of allylic oxidation sites excluding steroid dienone is 2. The molecule has 80 valence electrons. The van der Waals surface area contributed by atoms with Gasteiger partial charge in [-0.25, -0.2) is 8.78 Å². The predicted molar refractivity (Wildman–Crippen MR) is 58.4 cm³/mol. The molecule has 0 N–H and O–H groups in total. The maximum Gasteiger partial charge on any atom is 0.173 e. The van der Waals surface area contributed by atoms with Gasteiger partial charge in [-0.1, -0.05) is 6.07 Å². The summed E-state index contributed by atoms with van der Waals surface area (Å²) in [6.07, 6.45) is 1.27. The summed E-state index contributed by atoms with van der Waals surface area (Å²) < 4.78 is 26.6. The normalized spacial score (nSPS) is 11.7. The number of benzene rings is 1. The Morgan fingerprint density at radius 1 is 1.27 bits per heavy atom. The molecule has 0 saturated carbocycles. The van der Waals surface area contributed by atoms with E-state index in [1.165, 1.54) is 25.1 Å². The molecule has 1 aromatic carbocycles. The van der Waals surface area contributed by atoms with E-state index in [-0.39, 0.29) is 15.8 Å². The van der Waals surface area contributed by atoms with Gasteiger partial charge in [-0.3, -0.25) is 4.79 Å². The molecule has 1 aromatic rings. The van der Waals surface area contributed by atoms with Crippen molar-refractivity contribution in [3.8, 4) is 0 Å². The van der Waals surface area contributed by atoms with Crippen molar-refractivity contribution in [1.82, 2.24) is 0 Å². The van der Waals surface area contributed by atoms with Crippen molar-refractivity contribution >= 4 is 27.3 Å². The second-order valence-electron chi connectivity index (χ2n) is 3.16. The topological polar surface area (TPSA) is 17.1 Å². The van der Waals surface area contributed by atoms with Crippen LogP contribution in [0.25, 0.3) is 5.57 Å². The number of hydrogen-bond donors (Lipinski definition) is 0. The molecule has 4 heteroatoms. The molecule has 0 aromatic heterocycles. The molecule has 0 aliphatic heterocycles. The Labute approximate surface area is 94.9 Å². The molecule has 0 bridgehead atoms. The molecule has 0 spiro atoms. The van der Waals surface area contributed by atoms with E-state index in [1.807, 2.05) is 0 Å². The van der Waals surface area contributed by atoms with Gasteiger partial charge in [-0.05, 0) is 47.5 Å². The van der Waals surface area contributed by atoms with E-state index in [2.05, 4.69) is 15.9 Å². The Balaban J connectivity index is 3.28. The fraction of sp³-hybridized carbons (Fsp3) is 0.182. The minimum atomic E-state index is -0.945. The van der Waals surface area contributed by atoms with Gasteiger partial charge in [0.2, 0.25) is 0 Å². The number of rotatable bonds is 2. The van der Waals surface area contributed by atoms with Gasteiger partial charge in [0, 0.05) is 5.56 Å². The lowest BCUT2D eigenvalue weighted by atomic mass is 10.1. The summed E-state index contributed by atoms with van der Waals surface area (Å²) in [5, 5.41) is 0. The molecule has 0 aliphatic carbocycles. The van der Waals surface area contributed by atoms with Gasteiger partial charge in [0.1, 0.15) is 0 Å². The molecule has 0 atom stereocenters. The van der Waals surface area contributed by atoms with Gasteiger partial charge in [0.15, 0.2) is 17.4 Å². The molecule has 0 aliphatic rings. The van der Waals surface area contributed by atoms with Gasteiger partial charge >= 0.3 is 0 Å². The first kappa shape index (κ1) is 12.0. The molecule has 0 unspecified atom stereocenters. The lowest BCUT2D eigenvalue weighted by molar-refractivity contribution is -0.112.